The van der Waals surface area contributed by atoms with Crippen molar-refractivity contribution in [1.82, 2.24) is 9.97 Å². The number of aromatic nitrogens is 2. The van der Waals surface area contributed by atoms with Gasteiger partial charge in [0.15, 0.2) is 0 Å². The number of unbranched alkanes of at least 4 members (excludes halogenated alkanes) is 3. The number of amides is 1. The van der Waals surface area contributed by atoms with E-state index in [1.54, 1.807) is 6.92 Å². The lowest BCUT2D eigenvalue weighted by atomic mass is 10.0. The molecule has 6 nitrogen and oxygen atoms in total. The Morgan fingerprint density at radius 3 is 2.68 bits per heavy atom. The summed E-state index contributed by atoms with van der Waals surface area (Å²) in [6, 6.07) is 5.57. The number of benzene rings is 1. The number of ether oxygens (including phenoxy) is 1. The molecule has 0 aliphatic carbocycles. The number of halogens is 1. The summed E-state index contributed by atoms with van der Waals surface area (Å²) in [6.45, 7) is 4.45. The predicted octanol–water partition coefficient (Wildman–Crippen LogP) is 3.85. The molecule has 1 aromatic carbocycles. The Balaban J connectivity index is 2.41. The second kappa shape index (κ2) is 8.80. The van der Waals surface area contributed by atoms with Gasteiger partial charge in [0, 0.05) is 10.0 Å². The summed E-state index contributed by atoms with van der Waals surface area (Å²) in [4.78, 5) is 20.2. The van der Waals surface area contributed by atoms with E-state index >= 15 is 0 Å². The molecule has 0 unspecified atom stereocenters. The van der Waals surface area contributed by atoms with Crippen LogP contribution in [0.1, 0.15) is 48.7 Å². The highest BCUT2D eigenvalue weighted by Gasteiger charge is 2.20. The van der Waals surface area contributed by atoms with Gasteiger partial charge in [-0.05, 0) is 31.5 Å². The maximum atomic E-state index is 11.9. The zero-order chi connectivity index (χ0) is 18.4. The third-order valence-electron chi connectivity index (χ3n) is 3.81. The van der Waals surface area contributed by atoms with E-state index in [9.17, 15) is 4.79 Å². The maximum absolute atomic E-state index is 11.9. The summed E-state index contributed by atoms with van der Waals surface area (Å²) in [5.41, 5.74) is 13.1. The standard InChI is InChI=1S/C18H23BrN4O2/c1-3-4-5-6-9-25-14-8-7-12(19)10-13(14)16-15(17(20)24)11(2)22-18(21)23-16/h7-8,10H,3-6,9H2,1-2H3,(H2,20,24)(H2,21,22,23). The number of nitrogens with zero attached hydrogens (tertiary/aromatic N) is 2. The van der Waals surface area contributed by atoms with Crippen molar-refractivity contribution in [1.29, 1.82) is 0 Å². The molecule has 2 aromatic rings. The van der Waals surface area contributed by atoms with E-state index in [-0.39, 0.29) is 11.5 Å². The Hall–Kier alpha value is -2.15. The predicted molar refractivity (Wildman–Crippen MR) is 102 cm³/mol. The molecule has 25 heavy (non-hydrogen) atoms. The fourth-order valence-electron chi connectivity index (χ4n) is 2.61. The Bertz CT molecular complexity index is 765. The Morgan fingerprint density at radius 2 is 2.00 bits per heavy atom. The highest BCUT2D eigenvalue weighted by molar-refractivity contribution is 9.10. The van der Waals surface area contributed by atoms with Crippen LogP contribution in [-0.4, -0.2) is 22.5 Å². The molecule has 0 aliphatic heterocycles. The quantitative estimate of drug-likeness (QED) is 0.647. The second-order valence-corrected chi connectivity index (χ2v) is 6.72. The Kier molecular flexibility index (Phi) is 6.75. The number of rotatable bonds is 8. The number of hydrogen-bond donors (Lipinski definition) is 2. The highest BCUT2D eigenvalue weighted by atomic mass is 79.9. The van der Waals surface area contributed by atoms with Crippen LogP contribution in [-0.2, 0) is 0 Å². The van der Waals surface area contributed by atoms with Crippen LogP contribution in [0.5, 0.6) is 5.75 Å². The Labute approximate surface area is 156 Å². The molecule has 134 valence electrons. The van der Waals surface area contributed by atoms with Crippen LogP contribution in [0, 0.1) is 6.92 Å². The third-order valence-corrected chi connectivity index (χ3v) is 4.30. The largest absolute Gasteiger partial charge is 0.493 e. The van der Waals surface area contributed by atoms with E-state index in [2.05, 4.69) is 32.8 Å². The van der Waals surface area contributed by atoms with Crippen molar-refractivity contribution in [2.45, 2.75) is 39.5 Å². The molecule has 1 heterocycles. The van der Waals surface area contributed by atoms with E-state index in [1.165, 1.54) is 12.8 Å². The number of primary amides is 1. The number of aryl methyl sites for hydroxylation is 1. The topological polar surface area (TPSA) is 104 Å². The maximum Gasteiger partial charge on any atom is 0.252 e. The smallest absolute Gasteiger partial charge is 0.252 e. The number of carbonyl (C=O) groups excluding carboxylic acids is 1. The van der Waals surface area contributed by atoms with Gasteiger partial charge in [-0.15, -0.1) is 0 Å². The van der Waals surface area contributed by atoms with Crippen LogP contribution in [0.3, 0.4) is 0 Å². The van der Waals surface area contributed by atoms with Crippen molar-refractivity contribution >= 4 is 27.8 Å². The molecule has 0 atom stereocenters. The van der Waals surface area contributed by atoms with E-state index < -0.39 is 5.91 Å². The molecule has 1 aromatic heterocycles. The minimum atomic E-state index is -0.596. The first-order valence-electron chi connectivity index (χ1n) is 8.30. The minimum absolute atomic E-state index is 0.0892. The zero-order valence-electron chi connectivity index (χ0n) is 14.5. The molecule has 2 rings (SSSR count). The molecular formula is C18H23BrN4O2. The molecule has 0 saturated heterocycles. The summed E-state index contributed by atoms with van der Waals surface area (Å²) in [7, 11) is 0. The first kappa shape index (κ1) is 19.2. The van der Waals surface area contributed by atoms with Gasteiger partial charge in [0.2, 0.25) is 5.95 Å². The van der Waals surface area contributed by atoms with Gasteiger partial charge in [-0.3, -0.25) is 4.79 Å². The zero-order valence-corrected chi connectivity index (χ0v) is 16.1. The van der Waals surface area contributed by atoms with Crippen molar-refractivity contribution in [2.24, 2.45) is 5.73 Å². The van der Waals surface area contributed by atoms with E-state index in [0.717, 1.165) is 17.3 Å². The van der Waals surface area contributed by atoms with E-state index in [0.29, 0.717) is 29.3 Å². The van der Waals surface area contributed by atoms with Gasteiger partial charge in [-0.25, -0.2) is 9.97 Å². The first-order chi connectivity index (χ1) is 11.9. The number of nitrogens with two attached hydrogens (primary N) is 2. The summed E-state index contributed by atoms with van der Waals surface area (Å²) >= 11 is 3.45. The van der Waals surface area contributed by atoms with Crippen LogP contribution in [0.25, 0.3) is 11.3 Å². The van der Waals surface area contributed by atoms with Gasteiger partial charge >= 0.3 is 0 Å². The van der Waals surface area contributed by atoms with Crippen molar-refractivity contribution in [3.8, 4) is 17.0 Å². The molecule has 0 fully saturated rings. The average molecular weight is 407 g/mol. The molecule has 0 aliphatic rings. The normalized spacial score (nSPS) is 10.7. The number of anilines is 1. The van der Waals surface area contributed by atoms with Crippen LogP contribution < -0.4 is 16.2 Å². The molecule has 0 bridgehead atoms. The lowest BCUT2D eigenvalue weighted by molar-refractivity contribution is 0.0999. The van der Waals surface area contributed by atoms with Crippen molar-refractivity contribution in [3.63, 3.8) is 0 Å². The summed E-state index contributed by atoms with van der Waals surface area (Å²) in [5.74, 6) is 0.132. The molecule has 1 amide bonds. The number of hydrogen-bond acceptors (Lipinski definition) is 5. The van der Waals surface area contributed by atoms with Gasteiger partial charge in [-0.2, -0.15) is 0 Å². The molecule has 0 radical (unpaired) electrons. The SMILES string of the molecule is CCCCCCOc1ccc(Br)cc1-c1nc(N)nc(C)c1C(N)=O. The monoisotopic (exact) mass is 406 g/mol. The molecular weight excluding hydrogens is 384 g/mol. The van der Waals surface area contributed by atoms with E-state index in [1.807, 2.05) is 18.2 Å². The average Bonchev–Trinajstić information content (AvgIpc) is 2.54. The van der Waals surface area contributed by atoms with Crippen LogP contribution in [0.4, 0.5) is 5.95 Å². The fraction of sp³-hybridized carbons (Fsp3) is 0.389. The summed E-state index contributed by atoms with van der Waals surface area (Å²) in [5, 5.41) is 0. The number of nitrogen functional groups attached to an aromatic ring is 1. The van der Waals surface area contributed by atoms with Crippen molar-refractivity contribution < 1.29 is 9.53 Å². The van der Waals surface area contributed by atoms with Crippen molar-refractivity contribution in [2.75, 3.05) is 12.3 Å². The van der Waals surface area contributed by atoms with Crippen LogP contribution >= 0.6 is 15.9 Å². The lowest BCUT2D eigenvalue weighted by Crippen LogP contribution is -2.17. The van der Waals surface area contributed by atoms with Gasteiger partial charge in [0.05, 0.1) is 23.6 Å². The van der Waals surface area contributed by atoms with Crippen LogP contribution in [0.15, 0.2) is 22.7 Å². The third kappa shape index (κ3) is 4.92. The highest BCUT2D eigenvalue weighted by Crippen LogP contribution is 2.34. The van der Waals surface area contributed by atoms with Crippen LogP contribution in [0.2, 0.25) is 0 Å². The molecule has 7 heteroatoms. The lowest BCUT2D eigenvalue weighted by Gasteiger charge is -2.15. The van der Waals surface area contributed by atoms with Crippen molar-refractivity contribution in [3.05, 3.63) is 33.9 Å². The van der Waals surface area contributed by atoms with Gasteiger partial charge in [0.25, 0.3) is 5.91 Å². The van der Waals surface area contributed by atoms with Gasteiger partial charge < -0.3 is 16.2 Å². The summed E-state index contributed by atoms with van der Waals surface area (Å²) in [6.07, 6.45) is 4.44. The van der Waals surface area contributed by atoms with Gasteiger partial charge in [-0.1, -0.05) is 42.1 Å². The molecule has 4 N–H and O–H groups in total. The molecule has 0 spiro atoms. The second-order valence-electron chi connectivity index (χ2n) is 5.80. The van der Waals surface area contributed by atoms with Gasteiger partial charge in [0.1, 0.15) is 5.75 Å². The minimum Gasteiger partial charge on any atom is -0.493 e. The Morgan fingerprint density at radius 1 is 1.24 bits per heavy atom. The molecule has 0 saturated carbocycles. The number of carbonyl (C=O) groups is 1. The summed E-state index contributed by atoms with van der Waals surface area (Å²) < 4.78 is 6.77. The van der Waals surface area contributed by atoms with E-state index in [4.69, 9.17) is 16.2 Å². The fourth-order valence-corrected chi connectivity index (χ4v) is 2.97. The first-order valence-corrected chi connectivity index (χ1v) is 9.10.